The Kier molecular flexibility index (Phi) is 4.16. The maximum Gasteiger partial charge on any atom is 0.271 e. The van der Waals surface area contributed by atoms with Crippen LogP contribution >= 0.6 is 11.6 Å². The number of nitrogens with zero attached hydrogens (tertiary/aromatic N) is 2. The zero-order valence-corrected chi connectivity index (χ0v) is 11.2. The van der Waals surface area contributed by atoms with Crippen LogP contribution in [-0.4, -0.2) is 15.0 Å². The molecule has 1 unspecified atom stereocenters. The molecule has 0 radical (unpaired) electrons. The van der Waals surface area contributed by atoms with Gasteiger partial charge in [0.05, 0.1) is 27.9 Å². The summed E-state index contributed by atoms with van der Waals surface area (Å²) in [4.78, 5) is 14.1. The maximum atomic E-state index is 10.6. The summed E-state index contributed by atoms with van der Waals surface area (Å²) in [6.45, 7) is 1.61. The summed E-state index contributed by atoms with van der Waals surface area (Å²) in [5, 5.41) is 20.1. The van der Waals surface area contributed by atoms with Crippen molar-refractivity contribution < 1.29 is 14.8 Å². The molecule has 0 saturated carbocycles. The predicted octanol–water partition coefficient (Wildman–Crippen LogP) is 3.49. The van der Waals surface area contributed by atoms with Gasteiger partial charge in [-0.25, -0.2) is 0 Å². The van der Waals surface area contributed by atoms with Gasteiger partial charge in [-0.2, -0.15) is 0 Å². The molecule has 0 saturated heterocycles. The second-order valence-electron chi connectivity index (χ2n) is 4.07. The first-order valence-electron chi connectivity index (χ1n) is 5.73. The van der Waals surface area contributed by atoms with Crippen LogP contribution in [0.25, 0.3) is 0 Å². The van der Waals surface area contributed by atoms with E-state index in [9.17, 15) is 15.2 Å². The Balaban J connectivity index is 2.19. The van der Waals surface area contributed by atoms with Crippen LogP contribution in [0.4, 0.5) is 5.69 Å². The van der Waals surface area contributed by atoms with E-state index in [1.165, 1.54) is 24.4 Å². The fourth-order valence-electron chi connectivity index (χ4n) is 1.51. The van der Waals surface area contributed by atoms with Crippen LogP contribution in [0.3, 0.4) is 0 Å². The minimum absolute atomic E-state index is 0.107. The molecule has 0 aliphatic rings. The van der Waals surface area contributed by atoms with Gasteiger partial charge in [0.25, 0.3) is 5.69 Å². The molecule has 104 valence electrons. The molecule has 7 heteroatoms. The summed E-state index contributed by atoms with van der Waals surface area (Å²) in [7, 11) is 0. The molecule has 0 bridgehead atoms. The lowest BCUT2D eigenvalue weighted by atomic mass is 10.2. The van der Waals surface area contributed by atoms with E-state index in [4.69, 9.17) is 16.3 Å². The smallest absolute Gasteiger partial charge is 0.271 e. The lowest BCUT2D eigenvalue weighted by molar-refractivity contribution is -0.384. The number of rotatable bonds is 4. The van der Waals surface area contributed by atoms with Gasteiger partial charge in [-0.15, -0.1) is 0 Å². The second kappa shape index (κ2) is 5.85. The molecule has 6 nitrogen and oxygen atoms in total. The van der Waals surface area contributed by atoms with Crippen LogP contribution in [0.2, 0.25) is 5.02 Å². The molecule has 1 N–H and O–H groups in total. The van der Waals surface area contributed by atoms with Crippen molar-refractivity contribution in [3.63, 3.8) is 0 Å². The van der Waals surface area contributed by atoms with Crippen LogP contribution in [0.1, 0.15) is 18.7 Å². The molecule has 2 aromatic rings. The van der Waals surface area contributed by atoms with E-state index in [0.717, 1.165) is 0 Å². The Morgan fingerprint density at radius 2 is 2.15 bits per heavy atom. The Morgan fingerprint density at radius 3 is 2.65 bits per heavy atom. The van der Waals surface area contributed by atoms with E-state index in [1.54, 1.807) is 19.1 Å². The van der Waals surface area contributed by atoms with E-state index >= 15 is 0 Å². The van der Waals surface area contributed by atoms with E-state index in [0.29, 0.717) is 17.2 Å². The van der Waals surface area contributed by atoms with Crippen LogP contribution < -0.4 is 4.74 Å². The minimum atomic E-state index is -0.660. The molecule has 0 fully saturated rings. The van der Waals surface area contributed by atoms with E-state index in [-0.39, 0.29) is 10.7 Å². The SMILES string of the molecule is CC(O)c1ccc(Oc2ccc([N+](=O)[O-])cc2Cl)cn1. The number of aliphatic hydroxyl groups is 1. The Hall–Kier alpha value is -2.18. The highest BCUT2D eigenvalue weighted by Crippen LogP contribution is 2.32. The van der Waals surface area contributed by atoms with Gasteiger partial charge in [0.15, 0.2) is 0 Å². The van der Waals surface area contributed by atoms with Gasteiger partial charge >= 0.3 is 0 Å². The Morgan fingerprint density at radius 1 is 1.40 bits per heavy atom. The van der Waals surface area contributed by atoms with Crippen LogP contribution in [-0.2, 0) is 0 Å². The van der Waals surface area contributed by atoms with Gasteiger partial charge in [-0.05, 0) is 25.1 Å². The fourth-order valence-corrected chi connectivity index (χ4v) is 1.73. The Labute approximate surface area is 119 Å². The summed E-state index contributed by atoms with van der Waals surface area (Å²) >= 11 is 5.92. The molecule has 0 aliphatic heterocycles. The van der Waals surface area contributed by atoms with Crippen molar-refractivity contribution in [2.75, 3.05) is 0 Å². The van der Waals surface area contributed by atoms with E-state index in [1.807, 2.05) is 0 Å². The molecule has 20 heavy (non-hydrogen) atoms. The summed E-state index contributed by atoms with van der Waals surface area (Å²) in [5.41, 5.74) is 0.414. The number of benzene rings is 1. The number of pyridine rings is 1. The van der Waals surface area contributed by atoms with Gasteiger partial charge in [0.2, 0.25) is 0 Å². The zero-order chi connectivity index (χ0) is 14.7. The normalized spacial score (nSPS) is 11.9. The fraction of sp³-hybridized carbons (Fsp3) is 0.154. The molecule has 0 aliphatic carbocycles. The van der Waals surface area contributed by atoms with Gasteiger partial charge in [0, 0.05) is 12.1 Å². The quantitative estimate of drug-likeness (QED) is 0.689. The highest BCUT2D eigenvalue weighted by atomic mass is 35.5. The summed E-state index contributed by atoms with van der Waals surface area (Å²) in [6.07, 6.45) is 0.784. The van der Waals surface area contributed by atoms with Crippen molar-refractivity contribution in [1.29, 1.82) is 0 Å². The van der Waals surface area contributed by atoms with Gasteiger partial charge in [-0.3, -0.25) is 15.1 Å². The van der Waals surface area contributed by atoms with Crippen molar-refractivity contribution >= 4 is 17.3 Å². The highest BCUT2D eigenvalue weighted by molar-refractivity contribution is 6.32. The van der Waals surface area contributed by atoms with Crippen molar-refractivity contribution in [3.05, 3.63) is 57.4 Å². The third-order valence-corrected chi connectivity index (χ3v) is 2.84. The lowest BCUT2D eigenvalue weighted by Gasteiger charge is -2.08. The number of aliphatic hydroxyl groups excluding tert-OH is 1. The summed E-state index contributed by atoms with van der Waals surface area (Å²) in [5.74, 6) is 0.717. The molecule has 1 heterocycles. The van der Waals surface area contributed by atoms with Crippen molar-refractivity contribution in [2.24, 2.45) is 0 Å². The Bertz CT molecular complexity index is 629. The highest BCUT2D eigenvalue weighted by Gasteiger charge is 2.11. The molecular formula is C13H11ClN2O4. The third-order valence-electron chi connectivity index (χ3n) is 2.54. The zero-order valence-electron chi connectivity index (χ0n) is 10.5. The third kappa shape index (κ3) is 3.23. The largest absolute Gasteiger partial charge is 0.454 e. The number of non-ortho nitro benzene ring substituents is 1. The number of aromatic nitrogens is 1. The van der Waals surface area contributed by atoms with Crippen LogP contribution in [0.5, 0.6) is 11.5 Å². The van der Waals surface area contributed by atoms with Crippen molar-refractivity contribution in [1.82, 2.24) is 4.98 Å². The monoisotopic (exact) mass is 294 g/mol. The molecule has 0 spiro atoms. The summed E-state index contributed by atoms with van der Waals surface area (Å²) < 4.78 is 5.48. The van der Waals surface area contributed by atoms with Gasteiger partial charge < -0.3 is 9.84 Å². The average molecular weight is 295 g/mol. The standard InChI is InChI=1S/C13H11ClN2O4/c1-8(17)12-4-3-10(7-15-12)20-13-5-2-9(16(18)19)6-11(13)14/h2-8,17H,1H3. The maximum absolute atomic E-state index is 10.6. The minimum Gasteiger partial charge on any atom is -0.454 e. The van der Waals surface area contributed by atoms with Crippen molar-refractivity contribution in [3.8, 4) is 11.5 Å². The second-order valence-corrected chi connectivity index (χ2v) is 4.48. The predicted molar refractivity (Wildman–Crippen MR) is 73.1 cm³/mol. The number of halogens is 1. The van der Waals surface area contributed by atoms with Crippen LogP contribution in [0.15, 0.2) is 36.5 Å². The number of hydrogen-bond donors (Lipinski definition) is 1. The average Bonchev–Trinajstić information content (AvgIpc) is 2.41. The number of hydrogen-bond acceptors (Lipinski definition) is 5. The molecule has 1 aromatic carbocycles. The van der Waals surface area contributed by atoms with Gasteiger partial charge in [-0.1, -0.05) is 11.6 Å². The first kappa shape index (κ1) is 14.2. The number of nitro groups is 1. The first-order valence-corrected chi connectivity index (χ1v) is 6.11. The van der Waals surface area contributed by atoms with Crippen molar-refractivity contribution in [2.45, 2.75) is 13.0 Å². The number of nitro benzene ring substituents is 1. The first-order chi connectivity index (χ1) is 9.47. The molecule has 2 rings (SSSR count). The van der Waals surface area contributed by atoms with Crippen LogP contribution in [0, 0.1) is 10.1 Å². The summed E-state index contributed by atoms with van der Waals surface area (Å²) in [6, 6.07) is 7.20. The van der Waals surface area contributed by atoms with Gasteiger partial charge in [0.1, 0.15) is 11.5 Å². The molecule has 1 atom stereocenters. The molecule has 1 aromatic heterocycles. The topological polar surface area (TPSA) is 85.5 Å². The lowest BCUT2D eigenvalue weighted by Crippen LogP contribution is -1.95. The molecular weight excluding hydrogens is 284 g/mol. The molecule has 0 amide bonds. The van der Waals surface area contributed by atoms with E-state index in [2.05, 4.69) is 4.98 Å². The van der Waals surface area contributed by atoms with E-state index < -0.39 is 11.0 Å². The number of ether oxygens (including phenoxy) is 1.